The highest BCUT2D eigenvalue weighted by molar-refractivity contribution is 9.10. The van der Waals surface area contributed by atoms with Crippen LogP contribution >= 0.6 is 15.9 Å². The van der Waals surface area contributed by atoms with Crippen LogP contribution in [0.4, 0.5) is 4.39 Å². The lowest BCUT2D eigenvalue weighted by molar-refractivity contribution is 0.0455. The molecule has 0 aliphatic rings. The normalized spacial score (nSPS) is 15.0. The standard InChI is InChI=1S/C11H15BrFNO/c1-2-11(15,7-14)6-8-3-9(12)5-10(13)4-8/h3-5,15H,2,6-7,14H2,1H3. The number of aliphatic hydroxyl groups is 1. The first-order chi connectivity index (χ1) is 6.99. The van der Waals surface area contributed by atoms with E-state index in [-0.39, 0.29) is 12.4 Å². The van der Waals surface area contributed by atoms with E-state index in [2.05, 4.69) is 15.9 Å². The van der Waals surface area contributed by atoms with Gasteiger partial charge in [0.1, 0.15) is 5.82 Å². The second kappa shape index (κ2) is 5.05. The molecule has 0 fully saturated rings. The van der Waals surface area contributed by atoms with E-state index < -0.39 is 5.60 Å². The van der Waals surface area contributed by atoms with Crippen LogP contribution in [0.15, 0.2) is 22.7 Å². The van der Waals surface area contributed by atoms with E-state index in [1.54, 1.807) is 6.07 Å². The van der Waals surface area contributed by atoms with E-state index in [1.165, 1.54) is 12.1 Å². The summed E-state index contributed by atoms with van der Waals surface area (Å²) in [6.45, 7) is 2.04. The Morgan fingerprint density at radius 3 is 2.60 bits per heavy atom. The van der Waals surface area contributed by atoms with Crippen molar-refractivity contribution in [1.82, 2.24) is 0 Å². The molecule has 0 amide bonds. The Morgan fingerprint density at radius 1 is 1.47 bits per heavy atom. The zero-order valence-electron chi connectivity index (χ0n) is 8.63. The van der Waals surface area contributed by atoms with Crippen LogP contribution in [0.1, 0.15) is 18.9 Å². The van der Waals surface area contributed by atoms with Crippen LogP contribution in [0.3, 0.4) is 0 Å². The van der Waals surface area contributed by atoms with Crippen LogP contribution < -0.4 is 5.73 Å². The quantitative estimate of drug-likeness (QED) is 0.885. The predicted octanol–water partition coefficient (Wildman–Crippen LogP) is 2.23. The highest BCUT2D eigenvalue weighted by Gasteiger charge is 2.23. The molecule has 1 aromatic rings. The Balaban J connectivity index is 2.88. The van der Waals surface area contributed by atoms with Gasteiger partial charge in [-0.3, -0.25) is 0 Å². The van der Waals surface area contributed by atoms with E-state index in [4.69, 9.17) is 5.73 Å². The van der Waals surface area contributed by atoms with E-state index in [0.29, 0.717) is 17.3 Å². The van der Waals surface area contributed by atoms with E-state index in [9.17, 15) is 9.50 Å². The second-order valence-corrected chi connectivity index (χ2v) is 4.65. The summed E-state index contributed by atoms with van der Waals surface area (Å²) >= 11 is 3.21. The third-order valence-electron chi connectivity index (χ3n) is 2.49. The van der Waals surface area contributed by atoms with Crippen LogP contribution in [0.25, 0.3) is 0 Å². The number of benzene rings is 1. The summed E-state index contributed by atoms with van der Waals surface area (Å²) in [7, 11) is 0. The molecule has 0 saturated heterocycles. The molecule has 4 heteroatoms. The van der Waals surface area contributed by atoms with Gasteiger partial charge in [-0.05, 0) is 30.2 Å². The smallest absolute Gasteiger partial charge is 0.124 e. The zero-order chi connectivity index (χ0) is 11.5. The summed E-state index contributed by atoms with van der Waals surface area (Å²) < 4.78 is 13.7. The number of rotatable bonds is 4. The average Bonchev–Trinajstić information content (AvgIpc) is 2.16. The second-order valence-electron chi connectivity index (χ2n) is 3.74. The fourth-order valence-electron chi connectivity index (χ4n) is 1.43. The largest absolute Gasteiger partial charge is 0.388 e. The molecule has 0 aliphatic carbocycles. The van der Waals surface area contributed by atoms with E-state index in [1.807, 2.05) is 6.92 Å². The minimum atomic E-state index is -0.937. The minimum absolute atomic E-state index is 0.178. The van der Waals surface area contributed by atoms with Gasteiger partial charge in [-0.1, -0.05) is 22.9 Å². The first-order valence-electron chi connectivity index (χ1n) is 4.86. The Morgan fingerprint density at radius 2 is 2.13 bits per heavy atom. The Labute approximate surface area is 97.4 Å². The van der Waals surface area contributed by atoms with Gasteiger partial charge in [0.2, 0.25) is 0 Å². The van der Waals surface area contributed by atoms with Gasteiger partial charge >= 0.3 is 0 Å². The molecule has 0 bridgehead atoms. The molecule has 1 unspecified atom stereocenters. The summed E-state index contributed by atoms with van der Waals surface area (Å²) in [5.41, 5.74) is 5.30. The van der Waals surface area contributed by atoms with Crippen LogP contribution in [0.5, 0.6) is 0 Å². The van der Waals surface area contributed by atoms with Crippen molar-refractivity contribution < 1.29 is 9.50 Å². The van der Waals surface area contributed by atoms with Gasteiger partial charge in [0, 0.05) is 17.4 Å². The van der Waals surface area contributed by atoms with Crippen LogP contribution in [0.2, 0.25) is 0 Å². The number of hydrogen-bond donors (Lipinski definition) is 2. The summed E-state index contributed by atoms with van der Waals surface area (Å²) in [6.07, 6.45) is 0.925. The topological polar surface area (TPSA) is 46.2 Å². The average molecular weight is 276 g/mol. The summed E-state index contributed by atoms with van der Waals surface area (Å²) in [6, 6.07) is 4.59. The van der Waals surface area contributed by atoms with Crippen molar-refractivity contribution in [2.24, 2.45) is 5.73 Å². The molecule has 0 radical (unpaired) electrons. The molecule has 1 rings (SSSR count). The van der Waals surface area contributed by atoms with Gasteiger partial charge in [-0.25, -0.2) is 4.39 Å². The van der Waals surface area contributed by atoms with Crippen LogP contribution in [-0.4, -0.2) is 17.3 Å². The molecular weight excluding hydrogens is 261 g/mol. The highest BCUT2D eigenvalue weighted by atomic mass is 79.9. The predicted molar refractivity (Wildman–Crippen MR) is 62.1 cm³/mol. The maximum absolute atomic E-state index is 13.1. The van der Waals surface area contributed by atoms with Crippen molar-refractivity contribution in [2.45, 2.75) is 25.4 Å². The number of nitrogens with two attached hydrogens (primary N) is 1. The molecule has 0 aliphatic heterocycles. The zero-order valence-corrected chi connectivity index (χ0v) is 10.2. The molecular formula is C11H15BrFNO. The van der Waals surface area contributed by atoms with Crippen molar-refractivity contribution in [2.75, 3.05) is 6.54 Å². The first-order valence-corrected chi connectivity index (χ1v) is 5.66. The summed E-state index contributed by atoms with van der Waals surface area (Å²) in [5, 5.41) is 10.0. The fourth-order valence-corrected chi connectivity index (χ4v) is 1.95. The van der Waals surface area contributed by atoms with Gasteiger partial charge < -0.3 is 10.8 Å². The molecule has 0 heterocycles. The molecule has 15 heavy (non-hydrogen) atoms. The Kier molecular flexibility index (Phi) is 4.25. The molecule has 0 aromatic heterocycles. The fraction of sp³-hybridized carbons (Fsp3) is 0.455. The number of halogens is 2. The maximum atomic E-state index is 13.1. The van der Waals surface area contributed by atoms with Gasteiger partial charge in [-0.15, -0.1) is 0 Å². The van der Waals surface area contributed by atoms with Gasteiger partial charge in [0.05, 0.1) is 5.60 Å². The lowest BCUT2D eigenvalue weighted by Crippen LogP contribution is -2.39. The minimum Gasteiger partial charge on any atom is -0.388 e. The van der Waals surface area contributed by atoms with Gasteiger partial charge in [0.15, 0.2) is 0 Å². The van der Waals surface area contributed by atoms with Crippen molar-refractivity contribution >= 4 is 15.9 Å². The van der Waals surface area contributed by atoms with Crippen molar-refractivity contribution in [1.29, 1.82) is 0 Å². The molecule has 84 valence electrons. The molecule has 0 saturated carbocycles. The van der Waals surface area contributed by atoms with Gasteiger partial charge in [0.25, 0.3) is 0 Å². The molecule has 1 aromatic carbocycles. The monoisotopic (exact) mass is 275 g/mol. The lowest BCUT2D eigenvalue weighted by Gasteiger charge is -2.24. The maximum Gasteiger partial charge on any atom is 0.124 e. The summed E-state index contributed by atoms with van der Waals surface area (Å²) in [4.78, 5) is 0. The lowest BCUT2D eigenvalue weighted by atomic mass is 9.92. The summed E-state index contributed by atoms with van der Waals surface area (Å²) in [5.74, 6) is -0.310. The highest BCUT2D eigenvalue weighted by Crippen LogP contribution is 2.20. The van der Waals surface area contributed by atoms with E-state index in [0.717, 1.165) is 5.56 Å². The molecule has 2 nitrogen and oxygen atoms in total. The molecule has 1 atom stereocenters. The van der Waals surface area contributed by atoms with Crippen molar-refractivity contribution in [3.63, 3.8) is 0 Å². The van der Waals surface area contributed by atoms with Crippen molar-refractivity contribution in [3.05, 3.63) is 34.1 Å². The van der Waals surface area contributed by atoms with E-state index >= 15 is 0 Å². The SMILES string of the molecule is CCC(O)(CN)Cc1cc(F)cc(Br)c1. The third-order valence-corrected chi connectivity index (χ3v) is 2.95. The molecule has 3 N–H and O–H groups in total. The Bertz CT molecular complexity index is 319. The van der Waals surface area contributed by atoms with Crippen molar-refractivity contribution in [3.8, 4) is 0 Å². The molecule has 0 spiro atoms. The Hall–Kier alpha value is -0.450. The number of hydrogen-bond acceptors (Lipinski definition) is 2. The first kappa shape index (κ1) is 12.6. The van der Waals surface area contributed by atoms with Crippen LogP contribution in [0, 0.1) is 5.82 Å². The third kappa shape index (κ3) is 3.55. The van der Waals surface area contributed by atoms with Gasteiger partial charge in [-0.2, -0.15) is 0 Å². The van der Waals surface area contributed by atoms with Crippen LogP contribution in [-0.2, 0) is 6.42 Å².